The van der Waals surface area contributed by atoms with Crippen LogP contribution < -0.4 is 0 Å². The van der Waals surface area contributed by atoms with E-state index in [1.54, 1.807) is 13.2 Å². The van der Waals surface area contributed by atoms with E-state index >= 15 is 0 Å². The van der Waals surface area contributed by atoms with E-state index in [-0.39, 0.29) is 18.1 Å². The van der Waals surface area contributed by atoms with Crippen molar-refractivity contribution in [3.63, 3.8) is 0 Å². The smallest absolute Gasteiger partial charge is 0.339 e. The SMILES string of the molecule is COCCn1c(C)cc(C(=O)COC(=O)c2c3c(nc4ccccc24)/C(=C/c2cccc([N+](=O)[O-])c2)CCC3)c1C. The molecule has 210 valence electrons. The van der Waals surface area contributed by atoms with Crippen molar-refractivity contribution in [1.29, 1.82) is 0 Å². The molecule has 2 aromatic heterocycles. The van der Waals surface area contributed by atoms with Gasteiger partial charge in [0.2, 0.25) is 5.78 Å². The Balaban J connectivity index is 1.48. The van der Waals surface area contributed by atoms with Gasteiger partial charge in [-0.05, 0) is 68.0 Å². The number of methoxy groups -OCH3 is 1. The molecule has 0 spiro atoms. The van der Waals surface area contributed by atoms with Gasteiger partial charge in [-0.15, -0.1) is 0 Å². The van der Waals surface area contributed by atoms with Crippen LogP contribution in [0.2, 0.25) is 0 Å². The monoisotopic (exact) mass is 553 g/mol. The molecule has 1 aliphatic rings. The maximum Gasteiger partial charge on any atom is 0.339 e. The van der Waals surface area contributed by atoms with Gasteiger partial charge in [0.25, 0.3) is 5.69 Å². The fraction of sp³-hybridized carbons (Fsp3) is 0.281. The second-order valence-corrected chi connectivity index (χ2v) is 10.1. The fourth-order valence-corrected chi connectivity index (χ4v) is 5.53. The first-order valence-electron chi connectivity index (χ1n) is 13.5. The number of fused-ring (bicyclic) bond motifs is 2. The van der Waals surface area contributed by atoms with Crippen LogP contribution in [0, 0.1) is 24.0 Å². The minimum atomic E-state index is -0.571. The van der Waals surface area contributed by atoms with Crippen LogP contribution in [0.15, 0.2) is 54.6 Å². The predicted molar refractivity (Wildman–Crippen MR) is 156 cm³/mol. The van der Waals surface area contributed by atoms with Gasteiger partial charge in [0.05, 0.1) is 28.3 Å². The van der Waals surface area contributed by atoms with E-state index in [0.29, 0.717) is 59.3 Å². The summed E-state index contributed by atoms with van der Waals surface area (Å²) < 4.78 is 12.8. The number of ether oxygens (including phenoxy) is 2. The number of nitro groups is 1. The molecule has 0 atom stereocenters. The van der Waals surface area contributed by atoms with Crippen molar-refractivity contribution in [2.24, 2.45) is 0 Å². The summed E-state index contributed by atoms with van der Waals surface area (Å²) in [7, 11) is 1.63. The zero-order valence-electron chi connectivity index (χ0n) is 23.3. The number of esters is 1. The van der Waals surface area contributed by atoms with E-state index < -0.39 is 10.9 Å². The van der Waals surface area contributed by atoms with Gasteiger partial charge in [-0.2, -0.15) is 0 Å². The highest BCUT2D eigenvalue weighted by atomic mass is 16.6. The molecule has 1 aliphatic carbocycles. The normalized spacial score (nSPS) is 13.8. The number of carbonyl (C=O) groups is 2. The third-order valence-corrected chi connectivity index (χ3v) is 7.52. The number of nitrogens with zero attached hydrogens (tertiary/aromatic N) is 3. The number of ketones is 1. The quantitative estimate of drug-likeness (QED) is 0.106. The van der Waals surface area contributed by atoms with Crippen molar-refractivity contribution in [3.05, 3.63) is 104 Å². The van der Waals surface area contributed by atoms with Crippen molar-refractivity contribution in [3.8, 4) is 0 Å². The van der Waals surface area contributed by atoms with Crippen molar-refractivity contribution in [2.75, 3.05) is 20.3 Å². The fourth-order valence-electron chi connectivity index (χ4n) is 5.53. The first kappa shape index (κ1) is 27.9. The standard InChI is InChI=1S/C32H31N3O6/c1-20-16-27(21(2)34(20)14-15-40-3)29(36)19-41-32(37)30-25-11-4-5-13-28(25)33-31-23(9-7-12-26(30)31)17-22-8-6-10-24(18-22)35(38)39/h4-6,8,10-11,13,16-18H,7,9,12,14-15,19H2,1-3H3/b23-17+. The number of pyridine rings is 1. The Labute approximate surface area is 237 Å². The molecule has 9 nitrogen and oxygen atoms in total. The third-order valence-electron chi connectivity index (χ3n) is 7.52. The van der Waals surface area contributed by atoms with Crippen LogP contribution in [-0.4, -0.2) is 46.6 Å². The molecule has 0 N–H and O–H groups in total. The molecule has 0 unspecified atom stereocenters. The summed E-state index contributed by atoms with van der Waals surface area (Å²) in [5, 5.41) is 11.9. The third kappa shape index (κ3) is 5.67. The summed E-state index contributed by atoms with van der Waals surface area (Å²) in [5.41, 5.74) is 6.36. The van der Waals surface area contributed by atoms with Crippen molar-refractivity contribution < 1.29 is 24.0 Å². The zero-order chi connectivity index (χ0) is 29.1. The minimum absolute atomic E-state index is 0.00950. The Morgan fingerprint density at radius 2 is 1.90 bits per heavy atom. The molecule has 0 aliphatic heterocycles. The molecule has 0 fully saturated rings. The number of non-ortho nitro benzene ring substituents is 1. The number of Topliss-reactive ketones (excluding diaryl/α,β-unsaturated/α-hetero) is 1. The largest absolute Gasteiger partial charge is 0.454 e. The molecular formula is C32H31N3O6. The van der Waals surface area contributed by atoms with Crippen LogP contribution in [0.1, 0.15) is 61.8 Å². The summed E-state index contributed by atoms with van der Waals surface area (Å²) >= 11 is 0. The van der Waals surface area contributed by atoms with E-state index in [4.69, 9.17) is 14.5 Å². The minimum Gasteiger partial charge on any atom is -0.454 e. The Bertz CT molecular complexity index is 1700. The number of benzene rings is 2. The lowest BCUT2D eigenvalue weighted by Gasteiger charge is -2.22. The van der Waals surface area contributed by atoms with Gasteiger partial charge in [-0.3, -0.25) is 14.9 Å². The molecule has 9 heteroatoms. The summed E-state index contributed by atoms with van der Waals surface area (Å²) in [6, 6.07) is 15.6. The Morgan fingerprint density at radius 1 is 1.10 bits per heavy atom. The lowest BCUT2D eigenvalue weighted by molar-refractivity contribution is -0.384. The van der Waals surface area contributed by atoms with Crippen LogP contribution >= 0.6 is 0 Å². The van der Waals surface area contributed by atoms with Gasteiger partial charge in [-0.25, -0.2) is 9.78 Å². The number of aromatic nitrogens is 2. The molecule has 2 aromatic carbocycles. The lowest BCUT2D eigenvalue weighted by Crippen LogP contribution is -2.19. The number of hydrogen-bond acceptors (Lipinski definition) is 7. The predicted octanol–water partition coefficient (Wildman–Crippen LogP) is 6.12. The summed E-state index contributed by atoms with van der Waals surface area (Å²) in [4.78, 5) is 42.5. The number of aryl methyl sites for hydroxylation is 1. The van der Waals surface area contributed by atoms with Gasteiger partial charge in [0, 0.05) is 48.1 Å². The highest BCUT2D eigenvalue weighted by Crippen LogP contribution is 2.36. The number of carbonyl (C=O) groups excluding carboxylic acids is 2. The van der Waals surface area contributed by atoms with Crippen molar-refractivity contribution in [1.82, 2.24) is 9.55 Å². The highest BCUT2D eigenvalue weighted by molar-refractivity contribution is 6.08. The van der Waals surface area contributed by atoms with Crippen LogP contribution in [0.25, 0.3) is 22.6 Å². The molecule has 41 heavy (non-hydrogen) atoms. The van der Waals surface area contributed by atoms with Crippen LogP contribution in [0.4, 0.5) is 5.69 Å². The van der Waals surface area contributed by atoms with Crippen LogP contribution in [-0.2, 0) is 22.4 Å². The lowest BCUT2D eigenvalue weighted by atomic mass is 9.86. The Morgan fingerprint density at radius 3 is 2.68 bits per heavy atom. The molecular weight excluding hydrogens is 522 g/mol. The van der Waals surface area contributed by atoms with Gasteiger partial charge < -0.3 is 14.0 Å². The van der Waals surface area contributed by atoms with Gasteiger partial charge in [-0.1, -0.05) is 30.3 Å². The number of allylic oxidation sites excluding steroid dienone is 1. The van der Waals surface area contributed by atoms with E-state index in [1.165, 1.54) is 12.1 Å². The van der Waals surface area contributed by atoms with E-state index in [9.17, 15) is 19.7 Å². The topological polar surface area (TPSA) is 114 Å². The molecule has 0 saturated carbocycles. The zero-order valence-corrected chi connectivity index (χ0v) is 23.3. The number of nitro benzene ring substituents is 1. The molecule has 0 saturated heterocycles. The second kappa shape index (κ2) is 11.9. The number of rotatable bonds is 9. The maximum atomic E-state index is 13.6. The molecule has 0 radical (unpaired) electrons. The molecule has 0 bridgehead atoms. The first-order chi connectivity index (χ1) is 19.8. The summed E-state index contributed by atoms with van der Waals surface area (Å²) in [6.07, 6.45) is 4.01. The van der Waals surface area contributed by atoms with Crippen LogP contribution in [0.5, 0.6) is 0 Å². The second-order valence-electron chi connectivity index (χ2n) is 10.1. The van der Waals surface area contributed by atoms with Gasteiger partial charge in [0.15, 0.2) is 6.61 Å². The average molecular weight is 554 g/mol. The van der Waals surface area contributed by atoms with Crippen molar-refractivity contribution in [2.45, 2.75) is 39.7 Å². The number of hydrogen-bond donors (Lipinski definition) is 0. The molecule has 0 amide bonds. The first-order valence-corrected chi connectivity index (χ1v) is 13.5. The Kier molecular flexibility index (Phi) is 8.07. The van der Waals surface area contributed by atoms with Crippen molar-refractivity contribution >= 4 is 40.0 Å². The number of para-hydroxylation sites is 1. The maximum absolute atomic E-state index is 13.6. The highest BCUT2D eigenvalue weighted by Gasteiger charge is 2.27. The average Bonchev–Trinajstić information content (AvgIpc) is 3.26. The van der Waals surface area contributed by atoms with Gasteiger partial charge >= 0.3 is 5.97 Å². The van der Waals surface area contributed by atoms with E-state index in [0.717, 1.165) is 28.9 Å². The van der Waals surface area contributed by atoms with Gasteiger partial charge in [0.1, 0.15) is 0 Å². The van der Waals surface area contributed by atoms with Crippen LogP contribution in [0.3, 0.4) is 0 Å². The molecule has 5 rings (SSSR count). The Hall–Kier alpha value is -4.63. The van der Waals surface area contributed by atoms with E-state index in [2.05, 4.69) is 0 Å². The van der Waals surface area contributed by atoms with E-state index in [1.807, 2.05) is 60.9 Å². The molecule has 2 heterocycles. The summed E-state index contributed by atoms with van der Waals surface area (Å²) in [6.45, 7) is 4.58. The molecule has 4 aromatic rings. The summed E-state index contributed by atoms with van der Waals surface area (Å²) in [5.74, 6) is -0.841.